The van der Waals surface area contributed by atoms with Crippen molar-refractivity contribution in [1.29, 1.82) is 0 Å². The summed E-state index contributed by atoms with van der Waals surface area (Å²) < 4.78 is 12.3. The Morgan fingerprint density at radius 3 is 3.00 bits per heavy atom. The average molecular weight is 255 g/mol. The molecule has 2 heterocycles. The van der Waals surface area contributed by atoms with Crippen molar-refractivity contribution in [3.63, 3.8) is 0 Å². The Kier molecular flexibility index (Phi) is 4.66. The van der Waals surface area contributed by atoms with Gasteiger partial charge in [-0.1, -0.05) is 5.21 Å². The molecule has 1 aliphatic rings. The Labute approximate surface area is 105 Å². The third kappa shape index (κ3) is 3.78. The van der Waals surface area contributed by atoms with Crippen molar-refractivity contribution in [2.24, 2.45) is 5.92 Å². The van der Waals surface area contributed by atoms with Gasteiger partial charge in [-0.3, -0.25) is 0 Å². The van der Waals surface area contributed by atoms with E-state index < -0.39 is 5.97 Å². The molecule has 0 unspecified atom stereocenters. The largest absolute Gasteiger partial charge is 0.476 e. The molecule has 0 radical (unpaired) electrons. The molecule has 1 aliphatic heterocycles. The number of carboxylic acids is 1. The molecule has 1 aromatic rings. The number of rotatable bonds is 6. The van der Waals surface area contributed by atoms with Gasteiger partial charge >= 0.3 is 5.97 Å². The van der Waals surface area contributed by atoms with Crippen molar-refractivity contribution < 1.29 is 19.4 Å². The minimum Gasteiger partial charge on any atom is -0.476 e. The Hall–Kier alpha value is -1.47. The molecule has 100 valence electrons. The van der Waals surface area contributed by atoms with Crippen LogP contribution < -0.4 is 0 Å². The Bertz CT molecular complexity index is 387. The van der Waals surface area contributed by atoms with Crippen LogP contribution in [0.4, 0.5) is 0 Å². The number of carbonyl (C=O) groups is 1. The first kappa shape index (κ1) is 13.0. The fourth-order valence-corrected chi connectivity index (χ4v) is 1.83. The lowest BCUT2D eigenvalue weighted by atomic mass is 10.0. The first-order valence-corrected chi connectivity index (χ1v) is 6.04. The van der Waals surface area contributed by atoms with E-state index in [-0.39, 0.29) is 5.69 Å². The molecular weight excluding hydrogens is 238 g/mol. The summed E-state index contributed by atoms with van der Waals surface area (Å²) in [5.74, 6) is -0.492. The number of aromatic carboxylic acids is 1. The summed E-state index contributed by atoms with van der Waals surface area (Å²) in [6.07, 6.45) is 3.50. The first-order valence-electron chi connectivity index (χ1n) is 6.04. The van der Waals surface area contributed by atoms with E-state index in [1.165, 1.54) is 10.9 Å². The van der Waals surface area contributed by atoms with Gasteiger partial charge in [-0.15, -0.1) is 5.10 Å². The lowest BCUT2D eigenvalue weighted by Crippen LogP contribution is -2.21. The van der Waals surface area contributed by atoms with Gasteiger partial charge in [-0.05, 0) is 18.8 Å². The van der Waals surface area contributed by atoms with Crippen LogP contribution in [-0.2, 0) is 16.0 Å². The van der Waals surface area contributed by atoms with Gasteiger partial charge < -0.3 is 14.6 Å². The highest BCUT2D eigenvalue weighted by Crippen LogP contribution is 2.14. The zero-order valence-electron chi connectivity index (χ0n) is 10.1. The molecular formula is C11H17N3O4. The number of carboxylic acid groups (broad SMARTS) is 1. The lowest BCUT2D eigenvalue weighted by molar-refractivity contribution is 0.0183. The van der Waals surface area contributed by atoms with E-state index >= 15 is 0 Å². The minimum absolute atomic E-state index is 0.0422. The number of hydrogen-bond acceptors (Lipinski definition) is 5. The smallest absolute Gasteiger partial charge is 0.358 e. The van der Waals surface area contributed by atoms with Gasteiger partial charge in [-0.25, -0.2) is 9.48 Å². The maximum absolute atomic E-state index is 10.6. The fraction of sp³-hybridized carbons (Fsp3) is 0.727. The van der Waals surface area contributed by atoms with Crippen LogP contribution in [0, 0.1) is 5.92 Å². The van der Waals surface area contributed by atoms with Crippen LogP contribution >= 0.6 is 0 Å². The maximum Gasteiger partial charge on any atom is 0.358 e. The molecule has 18 heavy (non-hydrogen) atoms. The molecule has 1 saturated heterocycles. The molecule has 0 saturated carbocycles. The molecule has 0 atom stereocenters. The summed E-state index contributed by atoms with van der Waals surface area (Å²) in [7, 11) is 0. The van der Waals surface area contributed by atoms with E-state index in [1.807, 2.05) is 0 Å². The van der Waals surface area contributed by atoms with Crippen molar-refractivity contribution in [2.45, 2.75) is 19.4 Å². The molecule has 0 amide bonds. The third-order valence-electron chi connectivity index (χ3n) is 2.92. The first-order chi connectivity index (χ1) is 8.75. The van der Waals surface area contributed by atoms with Gasteiger partial charge in [0.15, 0.2) is 5.69 Å². The van der Waals surface area contributed by atoms with Crippen LogP contribution in [0.5, 0.6) is 0 Å². The fourth-order valence-electron chi connectivity index (χ4n) is 1.83. The minimum atomic E-state index is -1.07. The van der Waals surface area contributed by atoms with E-state index in [0.717, 1.165) is 32.7 Å². The predicted octanol–water partition coefficient (Wildman–Crippen LogP) is 0.419. The number of hydrogen-bond donors (Lipinski definition) is 1. The summed E-state index contributed by atoms with van der Waals surface area (Å²) in [5, 5.41) is 15.9. The second-order valence-corrected chi connectivity index (χ2v) is 4.30. The summed E-state index contributed by atoms with van der Waals surface area (Å²) in [4.78, 5) is 10.6. The van der Waals surface area contributed by atoms with Gasteiger partial charge in [0.05, 0.1) is 19.3 Å². The van der Waals surface area contributed by atoms with E-state index in [4.69, 9.17) is 14.6 Å². The molecule has 0 spiro atoms. The van der Waals surface area contributed by atoms with Crippen LogP contribution in [0.3, 0.4) is 0 Å². The van der Waals surface area contributed by atoms with Gasteiger partial charge in [0.1, 0.15) is 0 Å². The standard InChI is InChI=1S/C11H17N3O4/c15-11(16)10-7-14(13-12-10)3-6-18-8-9-1-4-17-5-2-9/h7,9H,1-6,8H2,(H,15,16). The van der Waals surface area contributed by atoms with Crippen LogP contribution in [0.2, 0.25) is 0 Å². The van der Waals surface area contributed by atoms with Crippen molar-refractivity contribution >= 4 is 5.97 Å². The molecule has 7 heteroatoms. The van der Waals surface area contributed by atoms with E-state index in [0.29, 0.717) is 19.1 Å². The Morgan fingerprint density at radius 2 is 2.33 bits per heavy atom. The highest BCUT2D eigenvalue weighted by molar-refractivity contribution is 5.84. The second-order valence-electron chi connectivity index (χ2n) is 4.30. The monoisotopic (exact) mass is 255 g/mol. The number of nitrogens with zero attached hydrogens (tertiary/aromatic N) is 3. The second kappa shape index (κ2) is 6.46. The number of aromatic nitrogens is 3. The highest BCUT2D eigenvalue weighted by atomic mass is 16.5. The van der Waals surface area contributed by atoms with Gasteiger partial charge in [0, 0.05) is 19.8 Å². The molecule has 7 nitrogen and oxygen atoms in total. The Balaban J connectivity index is 1.63. The summed E-state index contributed by atoms with van der Waals surface area (Å²) in [5.41, 5.74) is -0.0422. The normalized spacial score (nSPS) is 16.9. The molecule has 0 bridgehead atoms. The Morgan fingerprint density at radius 1 is 1.56 bits per heavy atom. The van der Waals surface area contributed by atoms with Crippen LogP contribution in [0.1, 0.15) is 23.3 Å². The van der Waals surface area contributed by atoms with Gasteiger partial charge in [0.2, 0.25) is 0 Å². The number of ether oxygens (including phenoxy) is 2. The van der Waals surface area contributed by atoms with Crippen molar-refractivity contribution in [3.05, 3.63) is 11.9 Å². The quantitative estimate of drug-likeness (QED) is 0.741. The highest BCUT2D eigenvalue weighted by Gasteiger charge is 2.13. The molecule has 1 N–H and O–H groups in total. The molecule has 2 rings (SSSR count). The lowest BCUT2D eigenvalue weighted by Gasteiger charge is -2.21. The van der Waals surface area contributed by atoms with Gasteiger partial charge in [-0.2, -0.15) is 0 Å². The zero-order valence-corrected chi connectivity index (χ0v) is 10.1. The van der Waals surface area contributed by atoms with Crippen LogP contribution in [0.15, 0.2) is 6.20 Å². The molecule has 0 aromatic carbocycles. The van der Waals surface area contributed by atoms with Crippen LogP contribution in [-0.4, -0.2) is 52.5 Å². The topological polar surface area (TPSA) is 86.5 Å². The SMILES string of the molecule is O=C(O)c1cn(CCOCC2CCOCC2)nn1. The molecule has 0 aliphatic carbocycles. The van der Waals surface area contributed by atoms with Crippen molar-refractivity contribution in [3.8, 4) is 0 Å². The van der Waals surface area contributed by atoms with Crippen LogP contribution in [0.25, 0.3) is 0 Å². The summed E-state index contributed by atoms with van der Waals surface area (Å²) >= 11 is 0. The van der Waals surface area contributed by atoms with Gasteiger partial charge in [0.25, 0.3) is 0 Å². The van der Waals surface area contributed by atoms with E-state index in [1.54, 1.807) is 0 Å². The van der Waals surface area contributed by atoms with Crippen molar-refractivity contribution in [2.75, 3.05) is 26.4 Å². The predicted molar refractivity (Wildman–Crippen MR) is 61.3 cm³/mol. The van der Waals surface area contributed by atoms with E-state index in [9.17, 15) is 4.79 Å². The summed E-state index contributed by atoms with van der Waals surface area (Å²) in [6, 6.07) is 0. The average Bonchev–Trinajstić information content (AvgIpc) is 2.85. The van der Waals surface area contributed by atoms with E-state index in [2.05, 4.69) is 10.3 Å². The zero-order chi connectivity index (χ0) is 12.8. The maximum atomic E-state index is 10.6. The molecule has 1 aromatic heterocycles. The summed E-state index contributed by atoms with van der Waals surface area (Å²) in [6.45, 7) is 3.39. The third-order valence-corrected chi connectivity index (χ3v) is 2.92. The molecule has 1 fully saturated rings. The van der Waals surface area contributed by atoms with Crippen molar-refractivity contribution in [1.82, 2.24) is 15.0 Å².